The van der Waals surface area contributed by atoms with Gasteiger partial charge in [-0.25, -0.2) is 9.98 Å². The molecule has 26 heavy (non-hydrogen) atoms. The topological polar surface area (TPSA) is 78.8 Å². The number of rotatable bonds is 6. The van der Waals surface area contributed by atoms with Gasteiger partial charge >= 0.3 is 6.18 Å². The summed E-state index contributed by atoms with van der Waals surface area (Å²) in [6.07, 6.45) is -0.274. The molecule has 146 valence electrons. The zero-order valence-corrected chi connectivity index (χ0v) is 14.7. The number of aliphatic hydroxyl groups excluding tert-OH is 1. The van der Waals surface area contributed by atoms with Crippen molar-refractivity contribution in [3.63, 3.8) is 0 Å². The number of halogens is 3. The number of pyridine rings is 1. The van der Waals surface area contributed by atoms with Gasteiger partial charge in [0.2, 0.25) is 5.88 Å². The first-order valence-electron chi connectivity index (χ1n) is 8.78. The summed E-state index contributed by atoms with van der Waals surface area (Å²) in [7, 11) is 0. The summed E-state index contributed by atoms with van der Waals surface area (Å²) in [4.78, 5) is 7.98. The van der Waals surface area contributed by atoms with E-state index in [2.05, 4.69) is 20.6 Å². The van der Waals surface area contributed by atoms with E-state index in [0.717, 1.165) is 31.7 Å². The molecule has 0 saturated heterocycles. The van der Waals surface area contributed by atoms with Gasteiger partial charge in [-0.05, 0) is 44.7 Å². The van der Waals surface area contributed by atoms with Gasteiger partial charge < -0.3 is 20.5 Å². The van der Waals surface area contributed by atoms with Crippen LogP contribution in [-0.2, 0) is 6.18 Å². The lowest BCUT2D eigenvalue weighted by Gasteiger charge is -2.27. The summed E-state index contributed by atoms with van der Waals surface area (Å²) < 4.78 is 43.8. The van der Waals surface area contributed by atoms with Crippen molar-refractivity contribution in [2.75, 3.05) is 19.7 Å². The van der Waals surface area contributed by atoms with Gasteiger partial charge in [0, 0.05) is 18.8 Å². The molecule has 0 unspecified atom stereocenters. The van der Waals surface area contributed by atoms with Gasteiger partial charge in [0.05, 0.1) is 12.6 Å². The summed E-state index contributed by atoms with van der Waals surface area (Å²) >= 11 is 0. The summed E-state index contributed by atoms with van der Waals surface area (Å²) in [6.45, 7) is 2.78. The van der Waals surface area contributed by atoms with Crippen LogP contribution >= 0.6 is 0 Å². The molecule has 1 aliphatic carbocycles. The SMILES string of the molecule is CCNC(=NCCOc1ncccc1C(F)(F)F)NC1CCC(O)CC1. The molecule has 6 nitrogen and oxygen atoms in total. The molecule has 1 saturated carbocycles. The molecule has 1 heterocycles. The highest BCUT2D eigenvalue weighted by Gasteiger charge is 2.35. The summed E-state index contributed by atoms with van der Waals surface area (Å²) in [6, 6.07) is 2.39. The minimum absolute atomic E-state index is 0.0138. The van der Waals surface area contributed by atoms with Gasteiger partial charge in [-0.15, -0.1) is 0 Å². The van der Waals surface area contributed by atoms with E-state index in [-0.39, 0.29) is 25.3 Å². The minimum atomic E-state index is -4.51. The zero-order chi connectivity index (χ0) is 19.0. The van der Waals surface area contributed by atoms with Gasteiger partial charge in [0.15, 0.2) is 5.96 Å². The molecular formula is C17H25F3N4O2. The quantitative estimate of drug-likeness (QED) is 0.405. The molecule has 9 heteroatoms. The molecule has 0 spiro atoms. The number of guanidine groups is 1. The fourth-order valence-electron chi connectivity index (χ4n) is 2.75. The second-order valence-corrected chi connectivity index (χ2v) is 6.11. The second kappa shape index (κ2) is 9.61. The molecule has 0 amide bonds. The number of aliphatic imine (C=N–C) groups is 1. The first-order valence-corrected chi connectivity index (χ1v) is 8.78. The maximum absolute atomic E-state index is 12.9. The van der Waals surface area contributed by atoms with Crippen LogP contribution in [-0.4, -0.2) is 47.9 Å². The van der Waals surface area contributed by atoms with Gasteiger partial charge in [-0.1, -0.05) is 0 Å². The van der Waals surface area contributed by atoms with Gasteiger partial charge in [-0.2, -0.15) is 13.2 Å². The molecule has 0 aliphatic heterocycles. The second-order valence-electron chi connectivity index (χ2n) is 6.11. The van der Waals surface area contributed by atoms with E-state index in [9.17, 15) is 18.3 Å². The van der Waals surface area contributed by atoms with Crippen LogP contribution in [0.5, 0.6) is 5.88 Å². The molecule has 0 aromatic carbocycles. The van der Waals surface area contributed by atoms with Crippen LogP contribution in [0.1, 0.15) is 38.2 Å². The highest BCUT2D eigenvalue weighted by Crippen LogP contribution is 2.34. The normalized spacial score (nSPS) is 21.3. The first kappa shape index (κ1) is 20.3. The lowest BCUT2D eigenvalue weighted by molar-refractivity contribution is -0.139. The fourth-order valence-corrected chi connectivity index (χ4v) is 2.75. The number of alkyl halides is 3. The molecule has 1 aliphatic rings. The average molecular weight is 374 g/mol. The van der Waals surface area contributed by atoms with Crippen molar-refractivity contribution in [3.8, 4) is 5.88 Å². The highest BCUT2D eigenvalue weighted by molar-refractivity contribution is 5.80. The Kier molecular flexibility index (Phi) is 7.50. The molecular weight excluding hydrogens is 349 g/mol. The van der Waals surface area contributed by atoms with Crippen LogP contribution in [0, 0.1) is 0 Å². The lowest BCUT2D eigenvalue weighted by Crippen LogP contribution is -2.45. The van der Waals surface area contributed by atoms with Crippen LogP contribution in [0.2, 0.25) is 0 Å². The number of nitrogens with one attached hydrogen (secondary N) is 2. The van der Waals surface area contributed by atoms with Gasteiger partial charge in [-0.3, -0.25) is 0 Å². The largest absolute Gasteiger partial charge is 0.475 e. The van der Waals surface area contributed by atoms with Gasteiger partial charge in [0.25, 0.3) is 0 Å². The van der Waals surface area contributed by atoms with Crippen LogP contribution in [0.3, 0.4) is 0 Å². The Morgan fingerprint density at radius 2 is 2.08 bits per heavy atom. The van der Waals surface area contributed by atoms with Crippen molar-refractivity contribution in [1.29, 1.82) is 0 Å². The number of ether oxygens (including phenoxy) is 1. The van der Waals surface area contributed by atoms with Crippen LogP contribution in [0.15, 0.2) is 23.3 Å². The van der Waals surface area contributed by atoms with E-state index >= 15 is 0 Å². The van der Waals surface area contributed by atoms with Crippen LogP contribution in [0.4, 0.5) is 13.2 Å². The van der Waals surface area contributed by atoms with Crippen molar-refractivity contribution in [3.05, 3.63) is 23.9 Å². The summed E-state index contributed by atoms with van der Waals surface area (Å²) in [5.74, 6) is 0.156. The van der Waals surface area contributed by atoms with E-state index in [0.29, 0.717) is 12.5 Å². The van der Waals surface area contributed by atoms with Crippen molar-refractivity contribution in [2.45, 2.75) is 50.9 Å². The van der Waals surface area contributed by atoms with E-state index in [1.54, 1.807) is 0 Å². The fraction of sp³-hybridized carbons (Fsp3) is 0.647. The predicted molar refractivity (Wildman–Crippen MR) is 92.1 cm³/mol. The Morgan fingerprint density at radius 3 is 2.73 bits per heavy atom. The van der Waals surface area contributed by atoms with E-state index in [1.807, 2.05) is 6.92 Å². The monoisotopic (exact) mass is 374 g/mol. The number of hydrogen-bond acceptors (Lipinski definition) is 4. The zero-order valence-electron chi connectivity index (χ0n) is 14.7. The van der Waals surface area contributed by atoms with Crippen LogP contribution in [0.25, 0.3) is 0 Å². The van der Waals surface area contributed by atoms with Gasteiger partial charge in [0.1, 0.15) is 12.2 Å². The molecule has 1 fully saturated rings. The summed E-state index contributed by atoms with van der Waals surface area (Å²) in [5, 5.41) is 15.9. The molecule has 2 rings (SSSR count). The van der Waals surface area contributed by atoms with Crippen molar-refractivity contribution in [1.82, 2.24) is 15.6 Å². The third-order valence-electron chi connectivity index (χ3n) is 4.06. The average Bonchev–Trinajstić information content (AvgIpc) is 2.60. The predicted octanol–water partition coefficient (Wildman–Crippen LogP) is 2.34. The third kappa shape index (κ3) is 6.36. The van der Waals surface area contributed by atoms with Crippen LogP contribution < -0.4 is 15.4 Å². The molecule has 1 aromatic rings. The molecule has 0 radical (unpaired) electrons. The Hall–Kier alpha value is -2.03. The molecule has 3 N–H and O–H groups in total. The van der Waals surface area contributed by atoms with E-state index < -0.39 is 17.6 Å². The van der Waals surface area contributed by atoms with Crippen molar-refractivity contribution >= 4 is 5.96 Å². The highest BCUT2D eigenvalue weighted by atomic mass is 19.4. The maximum Gasteiger partial charge on any atom is 0.421 e. The molecule has 0 bridgehead atoms. The number of hydrogen-bond donors (Lipinski definition) is 3. The third-order valence-corrected chi connectivity index (χ3v) is 4.06. The van der Waals surface area contributed by atoms with Crippen molar-refractivity contribution < 1.29 is 23.0 Å². The first-order chi connectivity index (χ1) is 12.4. The van der Waals surface area contributed by atoms with E-state index in [4.69, 9.17) is 4.74 Å². The standard InChI is InChI=1S/C17H25F3N4O2/c1-2-21-16(24-12-5-7-13(25)8-6-12)23-10-11-26-15-14(17(18,19)20)4-3-9-22-15/h3-4,9,12-13,25H,2,5-8,10-11H2,1H3,(H2,21,23,24). The Bertz CT molecular complexity index is 588. The Labute approximate surface area is 150 Å². The number of nitrogens with zero attached hydrogens (tertiary/aromatic N) is 2. The summed E-state index contributed by atoms with van der Waals surface area (Å²) in [5.41, 5.74) is -0.894. The Balaban J connectivity index is 1.87. The Morgan fingerprint density at radius 1 is 1.35 bits per heavy atom. The lowest BCUT2D eigenvalue weighted by atomic mass is 9.93. The minimum Gasteiger partial charge on any atom is -0.475 e. The van der Waals surface area contributed by atoms with Crippen molar-refractivity contribution in [2.24, 2.45) is 4.99 Å². The number of aliphatic hydroxyl groups is 1. The number of aromatic nitrogens is 1. The van der Waals surface area contributed by atoms with E-state index in [1.165, 1.54) is 12.3 Å². The molecule has 1 aromatic heterocycles. The smallest absolute Gasteiger partial charge is 0.421 e. The maximum atomic E-state index is 12.9. The molecule has 0 atom stereocenters.